The molecule has 0 aliphatic rings. The summed E-state index contributed by atoms with van der Waals surface area (Å²) < 4.78 is 10.5. The van der Waals surface area contributed by atoms with Crippen molar-refractivity contribution in [3.8, 4) is 11.5 Å². The van der Waals surface area contributed by atoms with Gasteiger partial charge in [0, 0.05) is 30.6 Å². The zero-order valence-electron chi connectivity index (χ0n) is 11.7. The molecule has 5 heteroatoms. The molecule has 1 heterocycles. The van der Waals surface area contributed by atoms with Gasteiger partial charge >= 0.3 is 0 Å². The molecular weight excluding hydrogens is 276 g/mol. The zero-order valence-corrected chi connectivity index (χ0v) is 12.4. The molecular formula is C15H17ClN2O2. The second-order valence-electron chi connectivity index (χ2n) is 4.33. The van der Waals surface area contributed by atoms with E-state index < -0.39 is 0 Å². The van der Waals surface area contributed by atoms with Crippen molar-refractivity contribution in [1.29, 1.82) is 0 Å². The Hall–Kier alpha value is -1.94. The molecule has 1 atom stereocenters. The van der Waals surface area contributed by atoms with Crippen molar-refractivity contribution in [2.45, 2.75) is 13.0 Å². The molecule has 1 aromatic carbocycles. The van der Waals surface area contributed by atoms with Gasteiger partial charge in [-0.1, -0.05) is 11.6 Å². The average Bonchev–Trinajstić information content (AvgIpc) is 2.49. The van der Waals surface area contributed by atoms with Crippen LogP contribution in [0.15, 0.2) is 36.7 Å². The van der Waals surface area contributed by atoms with Crippen LogP contribution in [0.25, 0.3) is 0 Å². The Labute approximate surface area is 123 Å². The van der Waals surface area contributed by atoms with Crippen LogP contribution in [0.5, 0.6) is 11.5 Å². The fourth-order valence-corrected chi connectivity index (χ4v) is 2.14. The first-order valence-corrected chi connectivity index (χ1v) is 6.61. The second kappa shape index (κ2) is 6.48. The first-order chi connectivity index (χ1) is 9.65. The molecule has 1 unspecified atom stereocenters. The summed E-state index contributed by atoms with van der Waals surface area (Å²) in [7, 11) is 3.18. The fourth-order valence-electron chi connectivity index (χ4n) is 1.93. The highest BCUT2D eigenvalue weighted by Gasteiger charge is 2.12. The third-order valence-corrected chi connectivity index (χ3v) is 3.36. The number of rotatable bonds is 5. The molecule has 4 nitrogen and oxygen atoms in total. The van der Waals surface area contributed by atoms with Crippen molar-refractivity contribution in [2.75, 3.05) is 19.5 Å². The molecule has 0 bridgehead atoms. The van der Waals surface area contributed by atoms with E-state index in [1.165, 1.54) is 0 Å². The molecule has 1 aromatic heterocycles. The highest BCUT2D eigenvalue weighted by molar-refractivity contribution is 6.33. The standard InChI is InChI=1S/C15H17ClN2O2/c1-10(11-4-6-17-7-5-11)18-13-9-15(20-3)14(19-2)8-12(13)16/h4-10,18H,1-3H3. The summed E-state index contributed by atoms with van der Waals surface area (Å²) >= 11 is 6.26. The van der Waals surface area contributed by atoms with Crippen LogP contribution in [0.1, 0.15) is 18.5 Å². The number of hydrogen-bond donors (Lipinski definition) is 1. The predicted octanol–water partition coefficient (Wildman–Crippen LogP) is 3.93. The third kappa shape index (κ3) is 3.14. The molecule has 0 fully saturated rings. The van der Waals surface area contributed by atoms with Crippen molar-refractivity contribution in [2.24, 2.45) is 0 Å². The molecule has 0 radical (unpaired) electrons. The van der Waals surface area contributed by atoms with Crippen LogP contribution in [-0.4, -0.2) is 19.2 Å². The molecule has 0 saturated carbocycles. The van der Waals surface area contributed by atoms with Crippen LogP contribution in [0, 0.1) is 0 Å². The number of methoxy groups -OCH3 is 2. The number of hydrogen-bond acceptors (Lipinski definition) is 4. The maximum atomic E-state index is 6.26. The van der Waals surface area contributed by atoms with Gasteiger partial charge < -0.3 is 14.8 Å². The van der Waals surface area contributed by atoms with Crippen LogP contribution < -0.4 is 14.8 Å². The van der Waals surface area contributed by atoms with Gasteiger partial charge in [0.25, 0.3) is 0 Å². The van der Waals surface area contributed by atoms with Gasteiger partial charge in [-0.3, -0.25) is 4.98 Å². The Balaban J connectivity index is 2.25. The number of benzene rings is 1. The van der Waals surface area contributed by atoms with Crippen molar-refractivity contribution in [1.82, 2.24) is 4.98 Å². The number of aromatic nitrogens is 1. The van der Waals surface area contributed by atoms with E-state index in [0.29, 0.717) is 16.5 Å². The zero-order chi connectivity index (χ0) is 14.5. The number of anilines is 1. The maximum Gasteiger partial charge on any atom is 0.162 e. The Morgan fingerprint density at radius 3 is 2.30 bits per heavy atom. The van der Waals surface area contributed by atoms with Crippen molar-refractivity contribution >= 4 is 17.3 Å². The van der Waals surface area contributed by atoms with Crippen LogP contribution >= 0.6 is 11.6 Å². The summed E-state index contributed by atoms with van der Waals surface area (Å²) in [6.07, 6.45) is 3.54. The highest BCUT2D eigenvalue weighted by atomic mass is 35.5. The van der Waals surface area contributed by atoms with Gasteiger partial charge in [0.1, 0.15) is 0 Å². The van der Waals surface area contributed by atoms with E-state index in [-0.39, 0.29) is 6.04 Å². The van der Waals surface area contributed by atoms with E-state index in [9.17, 15) is 0 Å². The lowest BCUT2D eigenvalue weighted by atomic mass is 10.1. The smallest absolute Gasteiger partial charge is 0.162 e. The highest BCUT2D eigenvalue weighted by Crippen LogP contribution is 2.37. The SMILES string of the molecule is COc1cc(Cl)c(NC(C)c2ccncc2)cc1OC. The molecule has 1 N–H and O–H groups in total. The monoisotopic (exact) mass is 292 g/mol. The van der Waals surface area contributed by atoms with Gasteiger partial charge in [0.2, 0.25) is 0 Å². The number of ether oxygens (including phenoxy) is 2. The van der Waals surface area contributed by atoms with E-state index in [1.54, 1.807) is 32.7 Å². The van der Waals surface area contributed by atoms with Gasteiger partial charge in [-0.25, -0.2) is 0 Å². The van der Waals surface area contributed by atoms with E-state index in [2.05, 4.69) is 17.2 Å². The number of pyridine rings is 1. The van der Waals surface area contributed by atoms with Crippen LogP contribution in [0.4, 0.5) is 5.69 Å². The van der Waals surface area contributed by atoms with Gasteiger partial charge in [-0.15, -0.1) is 0 Å². The minimum Gasteiger partial charge on any atom is -0.493 e. The molecule has 0 amide bonds. The van der Waals surface area contributed by atoms with E-state index in [4.69, 9.17) is 21.1 Å². The molecule has 2 rings (SSSR count). The Bertz CT molecular complexity index is 576. The van der Waals surface area contributed by atoms with Crippen LogP contribution in [0.3, 0.4) is 0 Å². The quantitative estimate of drug-likeness (QED) is 0.907. The van der Waals surface area contributed by atoms with Crippen LogP contribution in [-0.2, 0) is 0 Å². The molecule has 0 aliphatic heterocycles. The predicted molar refractivity (Wildman–Crippen MR) is 80.8 cm³/mol. The maximum absolute atomic E-state index is 6.26. The number of halogens is 1. The molecule has 20 heavy (non-hydrogen) atoms. The Morgan fingerprint density at radius 2 is 1.70 bits per heavy atom. The first kappa shape index (κ1) is 14.5. The lowest BCUT2D eigenvalue weighted by molar-refractivity contribution is 0.355. The Morgan fingerprint density at radius 1 is 1.10 bits per heavy atom. The van der Waals surface area contributed by atoms with Gasteiger partial charge in [0.05, 0.1) is 24.9 Å². The summed E-state index contributed by atoms with van der Waals surface area (Å²) in [5.74, 6) is 1.25. The first-order valence-electron chi connectivity index (χ1n) is 6.23. The topological polar surface area (TPSA) is 43.4 Å². The molecule has 0 aliphatic carbocycles. The van der Waals surface area contributed by atoms with E-state index in [1.807, 2.05) is 18.2 Å². The van der Waals surface area contributed by atoms with Crippen molar-refractivity contribution in [3.05, 3.63) is 47.2 Å². The largest absolute Gasteiger partial charge is 0.493 e. The minimum absolute atomic E-state index is 0.105. The number of nitrogens with zero attached hydrogens (tertiary/aromatic N) is 1. The van der Waals surface area contributed by atoms with Crippen molar-refractivity contribution < 1.29 is 9.47 Å². The molecule has 106 valence electrons. The van der Waals surface area contributed by atoms with E-state index in [0.717, 1.165) is 11.3 Å². The van der Waals surface area contributed by atoms with Crippen LogP contribution in [0.2, 0.25) is 5.02 Å². The summed E-state index contributed by atoms with van der Waals surface area (Å²) in [5, 5.41) is 3.94. The lowest BCUT2D eigenvalue weighted by Gasteiger charge is -2.18. The molecule has 0 spiro atoms. The van der Waals surface area contributed by atoms with Gasteiger partial charge in [-0.05, 0) is 24.6 Å². The van der Waals surface area contributed by atoms with Gasteiger partial charge in [-0.2, -0.15) is 0 Å². The second-order valence-corrected chi connectivity index (χ2v) is 4.74. The minimum atomic E-state index is 0.105. The van der Waals surface area contributed by atoms with Crippen molar-refractivity contribution in [3.63, 3.8) is 0 Å². The summed E-state index contributed by atoms with van der Waals surface area (Å²) in [6, 6.07) is 7.60. The normalized spacial score (nSPS) is 11.8. The number of nitrogens with one attached hydrogen (secondary N) is 1. The van der Waals surface area contributed by atoms with E-state index >= 15 is 0 Å². The lowest BCUT2D eigenvalue weighted by Crippen LogP contribution is -2.07. The Kier molecular flexibility index (Phi) is 4.69. The average molecular weight is 293 g/mol. The molecule has 2 aromatic rings. The van der Waals surface area contributed by atoms with Gasteiger partial charge in [0.15, 0.2) is 11.5 Å². The third-order valence-electron chi connectivity index (χ3n) is 3.05. The fraction of sp³-hybridized carbons (Fsp3) is 0.267. The summed E-state index contributed by atoms with van der Waals surface area (Å²) in [5.41, 5.74) is 1.93. The summed E-state index contributed by atoms with van der Waals surface area (Å²) in [4.78, 5) is 4.01. The summed E-state index contributed by atoms with van der Waals surface area (Å²) in [6.45, 7) is 2.06. The molecule has 0 saturated heterocycles.